The molecule has 1 unspecified atom stereocenters. The average molecular weight is 268 g/mol. The van der Waals surface area contributed by atoms with Gasteiger partial charge in [0.2, 0.25) is 0 Å². The first kappa shape index (κ1) is 11.3. The Balaban J connectivity index is 2.04. The molecule has 0 saturated carbocycles. The maximum Gasteiger partial charge on any atom is 0.178 e. The van der Waals surface area contributed by atoms with E-state index >= 15 is 0 Å². The van der Waals surface area contributed by atoms with E-state index in [4.69, 9.17) is 12.2 Å². The Hall–Kier alpha value is -0.810. The Morgan fingerprint density at radius 2 is 2.41 bits per heavy atom. The van der Waals surface area contributed by atoms with Crippen LogP contribution in [-0.2, 0) is 6.54 Å². The Bertz CT molecular complexity index is 596. The van der Waals surface area contributed by atoms with Gasteiger partial charge in [-0.3, -0.25) is 0 Å². The van der Waals surface area contributed by atoms with E-state index in [0.717, 1.165) is 17.6 Å². The smallest absolute Gasteiger partial charge is 0.178 e. The predicted molar refractivity (Wildman–Crippen MR) is 72.5 cm³/mol. The molecule has 1 aliphatic heterocycles. The second kappa shape index (κ2) is 4.46. The summed E-state index contributed by atoms with van der Waals surface area (Å²) in [5.41, 5.74) is 1.80. The molecule has 0 spiro atoms. The predicted octanol–water partition coefficient (Wildman–Crippen LogP) is 3.59. The number of hydrogen-bond acceptors (Lipinski definition) is 2. The van der Waals surface area contributed by atoms with E-state index in [1.54, 1.807) is 12.1 Å². The zero-order valence-electron chi connectivity index (χ0n) is 9.28. The van der Waals surface area contributed by atoms with Gasteiger partial charge in [-0.05, 0) is 54.3 Å². The van der Waals surface area contributed by atoms with Crippen molar-refractivity contribution in [1.82, 2.24) is 9.55 Å². The number of fused-ring (bicyclic) bond motifs is 1. The number of nitrogens with one attached hydrogen (secondary N) is 1. The third-order valence-electron chi connectivity index (χ3n) is 3.20. The first-order valence-electron chi connectivity index (χ1n) is 5.70. The number of aromatic nitrogens is 2. The van der Waals surface area contributed by atoms with E-state index in [1.807, 2.05) is 16.3 Å². The number of nitrogens with zero attached hydrogens (tertiary/aromatic N) is 1. The highest BCUT2D eigenvalue weighted by atomic mass is 32.2. The van der Waals surface area contributed by atoms with Crippen molar-refractivity contribution in [1.29, 1.82) is 0 Å². The Morgan fingerprint density at radius 1 is 1.53 bits per heavy atom. The van der Waals surface area contributed by atoms with Gasteiger partial charge in [-0.15, -0.1) is 0 Å². The maximum atomic E-state index is 13.3. The number of aromatic amines is 1. The van der Waals surface area contributed by atoms with E-state index in [1.165, 1.54) is 24.0 Å². The first-order valence-corrected chi connectivity index (χ1v) is 7.26. The SMILES string of the molecule is Fc1ccc2[nH]c(=S)n(CC3CCSC3)c2c1. The number of hydrogen-bond donors (Lipinski definition) is 1. The molecule has 2 heterocycles. The lowest BCUT2D eigenvalue weighted by atomic mass is 10.1. The first-order chi connectivity index (χ1) is 8.24. The van der Waals surface area contributed by atoms with Gasteiger partial charge in [-0.2, -0.15) is 11.8 Å². The molecule has 1 aliphatic rings. The van der Waals surface area contributed by atoms with Crippen molar-refractivity contribution in [2.24, 2.45) is 5.92 Å². The molecule has 1 N–H and O–H groups in total. The molecule has 2 aromatic rings. The van der Waals surface area contributed by atoms with Crippen LogP contribution in [0.15, 0.2) is 18.2 Å². The van der Waals surface area contributed by atoms with Crippen LogP contribution in [0.5, 0.6) is 0 Å². The zero-order valence-corrected chi connectivity index (χ0v) is 10.9. The number of imidazole rings is 1. The van der Waals surface area contributed by atoms with Crippen LogP contribution < -0.4 is 0 Å². The van der Waals surface area contributed by atoms with E-state index in [2.05, 4.69) is 4.98 Å². The lowest BCUT2D eigenvalue weighted by Gasteiger charge is -2.10. The number of rotatable bonds is 2. The van der Waals surface area contributed by atoms with Gasteiger partial charge in [0.05, 0.1) is 11.0 Å². The standard InChI is InChI=1S/C12H13FN2S2/c13-9-1-2-10-11(5-9)15(12(16)14-10)6-8-3-4-17-7-8/h1-2,5,8H,3-4,6-7H2,(H,14,16). The van der Waals surface area contributed by atoms with Crippen LogP contribution in [-0.4, -0.2) is 21.1 Å². The van der Waals surface area contributed by atoms with E-state index in [9.17, 15) is 4.39 Å². The lowest BCUT2D eigenvalue weighted by Crippen LogP contribution is -2.09. The van der Waals surface area contributed by atoms with Gasteiger partial charge in [0, 0.05) is 6.54 Å². The molecule has 90 valence electrons. The molecule has 1 aromatic carbocycles. The summed E-state index contributed by atoms with van der Waals surface area (Å²) in [5, 5.41) is 0. The van der Waals surface area contributed by atoms with E-state index < -0.39 is 0 Å². The highest BCUT2D eigenvalue weighted by molar-refractivity contribution is 7.99. The average Bonchev–Trinajstić information content (AvgIpc) is 2.90. The summed E-state index contributed by atoms with van der Waals surface area (Å²) in [7, 11) is 0. The van der Waals surface area contributed by atoms with Gasteiger partial charge in [-0.25, -0.2) is 4.39 Å². The van der Waals surface area contributed by atoms with E-state index in [0.29, 0.717) is 10.7 Å². The van der Waals surface area contributed by atoms with Crippen LogP contribution >= 0.6 is 24.0 Å². The van der Waals surface area contributed by atoms with Crippen molar-refractivity contribution in [3.8, 4) is 0 Å². The van der Waals surface area contributed by atoms with Gasteiger partial charge in [0.15, 0.2) is 4.77 Å². The lowest BCUT2D eigenvalue weighted by molar-refractivity contribution is 0.497. The van der Waals surface area contributed by atoms with Crippen molar-refractivity contribution < 1.29 is 4.39 Å². The molecular weight excluding hydrogens is 255 g/mol. The van der Waals surface area contributed by atoms with Crippen molar-refractivity contribution in [2.75, 3.05) is 11.5 Å². The third kappa shape index (κ3) is 2.13. The van der Waals surface area contributed by atoms with Crippen LogP contribution in [0.3, 0.4) is 0 Å². The van der Waals surface area contributed by atoms with Gasteiger partial charge >= 0.3 is 0 Å². The minimum Gasteiger partial charge on any atom is -0.331 e. The third-order valence-corrected chi connectivity index (χ3v) is 4.76. The topological polar surface area (TPSA) is 20.7 Å². The minimum absolute atomic E-state index is 0.207. The highest BCUT2D eigenvalue weighted by Crippen LogP contribution is 2.26. The monoisotopic (exact) mass is 268 g/mol. The van der Waals surface area contributed by atoms with Crippen LogP contribution in [0.2, 0.25) is 0 Å². The number of halogens is 1. The quantitative estimate of drug-likeness (QED) is 0.840. The summed E-state index contributed by atoms with van der Waals surface area (Å²) in [5.74, 6) is 2.87. The summed E-state index contributed by atoms with van der Waals surface area (Å²) in [6.07, 6.45) is 1.23. The van der Waals surface area contributed by atoms with Crippen LogP contribution in [0, 0.1) is 16.5 Å². The Labute approximate surface area is 108 Å². The van der Waals surface area contributed by atoms with Crippen LogP contribution in [0.4, 0.5) is 4.39 Å². The van der Waals surface area contributed by atoms with Gasteiger partial charge in [0.1, 0.15) is 5.82 Å². The largest absolute Gasteiger partial charge is 0.331 e. The molecule has 17 heavy (non-hydrogen) atoms. The molecule has 1 atom stereocenters. The van der Waals surface area contributed by atoms with Crippen molar-refractivity contribution in [3.63, 3.8) is 0 Å². The summed E-state index contributed by atoms with van der Waals surface area (Å²) < 4.78 is 16.0. The normalized spacial score (nSPS) is 20.2. The summed E-state index contributed by atoms with van der Waals surface area (Å²) >= 11 is 7.30. The summed E-state index contributed by atoms with van der Waals surface area (Å²) in [4.78, 5) is 3.13. The van der Waals surface area contributed by atoms with Crippen molar-refractivity contribution in [3.05, 3.63) is 28.8 Å². The minimum atomic E-state index is -0.207. The zero-order chi connectivity index (χ0) is 11.8. The molecule has 0 amide bonds. The second-order valence-electron chi connectivity index (χ2n) is 4.43. The highest BCUT2D eigenvalue weighted by Gasteiger charge is 2.17. The molecular formula is C12H13FN2S2. The van der Waals surface area contributed by atoms with Crippen molar-refractivity contribution >= 4 is 35.0 Å². The molecule has 0 bridgehead atoms. The number of thioether (sulfide) groups is 1. The molecule has 1 aromatic heterocycles. The molecule has 5 heteroatoms. The van der Waals surface area contributed by atoms with Crippen LogP contribution in [0.1, 0.15) is 6.42 Å². The van der Waals surface area contributed by atoms with Crippen molar-refractivity contribution in [2.45, 2.75) is 13.0 Å². The number of benzene rings is 1. The molecule has 1 saturated heterocycles. The Morgan fingerprint density at radius 3 is 3.18 bits per heavy atom. The molecule has 2 nitrogen and oxygen atoms in total. The summed E-state index contributed by atoms with van der Waals surface area (Å²) in [6.45, 7) is 0.898. The Kier molecular flexibility index (Phi) is 2.96. The fourth-order valence-electron chi connectivity index (χ4n) is 2.29. The molecule has 0 aliphatic carbocycles. The second-order valence-corrected chi connectivity index (χ2v) is 5.97. The van der Waals surface area contributed by atoms with Crippen LogP contribution in [0.25, 0.3) is 11.0 Å². The van der Waals surface area contributed by atoms with Gasteiger partial charge < -0.3 is 9.55 Å². The number of H-pyrrole nitrogens is 1. The molecule has 3 rings (SSSR count). The van der Waals surface area contributed by atoms with Gasteiger partial charge in [0.25, 0.3) is 0 Å². The molecule has 1 fully saturated rings. The fourth-order valence-corrected chi connectivity index (χ4v) is 3.85. The molecule has 0 radical (unpaired) electrons. The summed E-state index contributed by atoms with van der Waals surface area (Å²) in [6, 6.07) is 4.77. The maximum absolute atomic E-state index is 13.3. The van der Waals surface area contributed by atoms with Gasteiger partial charge in [-0.1, -0.05) is 0 Å². The van der Waals surface area contributed by atoms with E-state index in [-0.39, 0.29) is 5.82 Å². The fraction of sp³-hybridized carbons (Fsp3) is 0.417.